The summed E-state index contributed by atoms with van der Waals surface area (Å²) in [6.45, 7) is 4.91. The summed E-state index contributed by atoms with van der Waals surface area (Å²) in [5.74, 6) is 0.268. The number of rotatable bonds is 3. The third kappa shape index (κ3) is 3.15. The van der Waals surface area contributed by atoms with Crippen LogP contribution in [0.3, 0.4) is 0 Å². The molecular formula is C14H18ClNO3S. The van der Waals surface area contributed by atoms with Gasteiger partial charge in [0.05, 0.1) is 4.90 Å². The molecule has 0 N–H and O–H groups in total. The number of nitrogens with zero attached hydrogens (tertiary/aromatic N) is 1. The number of carbonyl (C=O) groups is 1. The third-order valence-corrected chi connectivity index (χ3v) is 5.04. The first-order chi connectivity index (χ1) is 9.30. The molecule has 0 aromatic heterocycles. The molecule has 0 bridgehead atoms. The van der Waals surface area contributed by atoms with Gasteiger partial charge in [0.15, 0.2) is 0 Å². The van der Waals surface area contributed by atoms with E-state index in [2.05, 4.69) is 13.8 Å². The third-order valence-electron chi connectivity index (χ3n) is 3.69. The number of carbonyl (C=O) groups excluding carboxylic acids is 1. The smallest absolute Gasteiger partial charge is 0.261 e. The fraction of sp³-hybridized carbons (Fsp3) is 0.500. The Bertz CT molecular complexity index is 613. The van der Waals surface area contributed by atoms with Gasteiger partial charge in [-0.25, -0.2) is 8.42 Å². The van der Waals surface area contributed by atoms with Crippen LogP contribution in [0, 0.1) is 5.92 Å². The molecule has 1 aliphatic rings. The number of amides is 1. The van der Waals surface area contributed by atoms with E-state index in [9.17, 15) is 13.2 Å². The molecule has 0 spiro atoms. The van der Waals surface area contributed by atoms with Gasteiger partial charge >= 0.3 is 0 Å². The molecule has 1 amide bonds. The molecule has 1 atom stereocenters. The molecule has 0 aliphatic carbocycles. The van der Waals surface area contributed by atoms with Crippen LogP contribution in [0.15, 0.2) is 29.2 Å². The molecule has 1 fully saturated rings. The summed E-state index contributed by atoms with van der Waals surface area (Å²) in [5.41, 5.74) is 0.374. The molecule has 1 heterocycles. The number of benzene rings is 1. The van der Waals surface area contributed by atoms with Gasteiger partial charge < -0.3 is 4.90 Å². The maximum atomic E-state index is 12.5. The van der Waals surface area contributed by atoms with Crippen molar-refractivity contribution in [1.82, 2.24) is 4.90 Å². The zero-order valence-corrected chi connectivity index (χ0v) is 13.1. The van der Waals surface area contributed by atoms with Gasteiger partial charge in [-0.3, -0.25) is 4.79 Å². The molecule has 0 radical (unpaired) electrons. The molecule has 1 unspecified atom stereocenters. The van der Waals surface area contributed by atoms with Crippen LogP contribution in [-0.2, 0) is 9.05 Å². The average molecular weight is 316 g/mol. The van der Waals surface area contributed by atoms with E-state index >= 15 is 0 Å². The van der Waals surface area contributed by atoms with Crippen molar-refractivity contribution in [2.24, 2.45) is 5.92 Å². The summed E-state index contributed by atoms with van der Waals surface area (Å²) in [7, 11) is 1.51. The van der Waals surface area contributed by atoms with Gasteiger partial charge in [-0.2, -0.15) is 0 Å². The number of likely N-dealkylation sites (tertiary alicyclic amines) is 1. The topological polar surface area (TPSA) is 54.5 Å². The van der Waals surface area contributed by atoms with E-state index in [0.717, 1.165) is 19.4 Å². The first kappa shape index (κ1) is 15.3. The minimum absolute atomic E-state index is 0.0367. The Morgan fingerprint density at radius 2 is 2.10 bits per heavy atom. The predicted octanol–water partition coefficient (Wildman–Crippen LogP) is 2.87. The Hall–Kier alpha value is -1.07. The van der Waals surface area contributed by atoms with E-state index in [1.54, 1.807) is 12.1 Å². The van der Waals surface area contributed by atoms with Gasteiger partial charge in [0.25, 0.3) is 15.0 Å². The van der Waals surface area contributed by atoms with Crippen LogP contribution in [-0.4, -0.2) is 31.8 Å². The van der Waals surface area contributed by atoms with Crippen LogP contribution in [0.5, 0.6) is 0 Å². The van der Waals surface area contributed by atoms with Crippen molar-refractivity contribution in [1.29, 1.82) is 0 Å². The zero-order valence-electron chi connectivity index (χ0n) is 11.5. The summed E-state index contributed by atoms with van der Waals surface area (Å²) in [6, 6.07) is 6.13. The summed E-state index contributed by atoms with van der Waals surface area (Å²) in [4.78, 5) is 14.3. The van der Waals surface area contributed by atoms with Crippen molar-refractivity contribution in [3.8, 4) is 0 Å². The Morgan fingerprint density at radius 3 is 2.70 bits per heavy atom. The van der Waals surface area contributed by atoms with Gasteiger partial charge in [-0.15, -0.1) is 0 Å². The standard InChI is InChI=1S/C14H18ClNO3S/c1-10(2)13-7-4-8-16(13)14(17)11-5-3-6-12(9-11)20(15,18)19/h3,5-6,9-10,13H,4,7-8H2,1-2H3. The molecule has 4 nitrogen and oxygen atoms in total. The van der Waals surface area contributed by atoms with Crippen LogP contribution in [0.2, 0.25) is 0 Å². The van der Waals surface area contributed by atoms with E-state index in [-0.39, 0.29) is 16.8 Å². The van der Waals surface area contributed by atoms with Crippen LogP contribution >= 0.6 is 10.7 Å². The lowest BCUT2D eigenvalue weighted by atomic mass is 10.0. The molecule has 1 aromatic rings. The van der Waals surface area contributed by atoms with E-state index in [1.165, 1.54) is 12.1 Å². The van der Waals surface area contributed by atoms with Crippen molar-refractivity contribution >= 4 is 25.6 Å². The lowest BCUT2D eigenvalue weighted by Crippen LogP contribution is -2.38. The minimum Gasteiger partial charge on any atom is -0.335 e. The normalized spacial score (nSPS) is 19.6. The van der Waals surface area contributed by atoms with Gasteiger partial charge in [0.2, 0.25) is 0 Å². The maximum absolute atomic E-state index is 12.5. The molecule has 2 rings (SSSR count). The highest BCUT2D eigenvalue weighted by Gasteiger charge is 2.31. The van der Waals surface area contributed by atoms with Crippen LogP contribution in [0.25, 0.3) is 0 Å². The first-order valence-corrected chi connectivity index (χ1v) is 8.97. The second-order valence-electron chi connectivity index (χ2n) is 5.42. The SMILES string of the molecule is CC(C)C1CCCN1C(=O)c1cccc(S(=O)(=O)Cl)c1. The van der Waals surface area contributed by atoms with E-state index < -0.39 is 9.05 Å². The number of hydrogen-bond acceptors (Lipinski definition) is 3. The Morgan fingerprint density at radius 1 is 1.40 bits per heavy atom. The fourth-order valence-corrected chi connectivity index (χ4v) is 3.48. The summed E-state index contributed by atoms with van der Waals surface area (Å²) < 4.78 is 22.7. The Balaban J connectivity index is 2.30. The molecule has 110 valence electrons. The monoisotopic (exact) mass is 315 g/mol. The highest BCUT2D eigenvalue weighted by molar-refractivity contribution is 8.13. The van der Waals surface area contributed by atoms with E-state index in [0.29, 0.717) is 11.5 Å². The van der Waals surface area contributed by atoms with Crippen molar-refractivity contribution in [3.05, 3.63) is 29.8 Å². The van der Waals surface area contributed by atoms with Crippen LogP contribution < -0.4 is 0 Å². The molecule has 6 heteroatoms. The first-order valence-electron chi connectivity index (χ1n) is 6.66. The largest absolute Gasteiger partial charge is 0.335 e. The summed E-state index contributed by atoms with van der Waals surface area (Å²) in [5, 5.41) is 0. The number of hydrogen-bond donors (Lipinski definition) is 0. The summed E-state index contributed by atoms with van der Waals surface area (Å²) in [6.07, 6.45) is 1.99. The Labute approximate surface area is 124 Å². The fourth-order valence-electron chi connectivity index (χ4n) is 2.68. The average Bonchev–Trinajstić information content (AvgIpc) is 2.86. The number of halogens is 1. The molecule has 1 aliphatic heterocycles. The van der Waals surface area contributed by atoms with Crippen molar-refractivity contribution < 1.29 is 13.2 Å². The predicted molar refractivity (Wildman–Crippen MR) is 78.4 cm³/mol. The molecule has 1 saturated heterocycles. The lowest BCUT2D eigenvalue weighted by Gasteiger charge is -2.27. The molecule has 1 aromatic carbocycles. The molecule has 20 heavy (non-hydrogen) atoms. The zero-order chi connectivity index (χ0) is 14.9. The molecule has 0 saturated carbocycles. The van der Waals surface area contributed by atoms with E-state index in [4.69, 9.17) is 10.7 Å². The second-order valence-corrected chi connectivity index (χ2v) is 7.98. The van der Waals surface area contributed by atoms with Crippen molar-refractivity contribution in [2.75, 3.05) is 6.54 Å². The van der Waals surface area contributed by atoms with Gasteiger partial charge in [-0.1, -0.05) is 19.9 Å². The van der Waals surface area contributed by atoms with Crippen molar-refractivity contribution in [2.45, 2.75) is 37.6 Å². The highest BCUT2D eigenvalue weighted by atomic mass is 35.7. The minimum atomic E-state index is -3.81. The van der Waals surface area contributed by atoms with Crippen LogP contribution in [0.1, 0.15) is 37.0 Å². The summed E-state index contributed by atoms with van der Waals surface area (Å²) >= 11 is 0. The highest BCUT2D eigenvalue weighted by Crippen LogP contribution is 2.26. The quantitative estimate of drug-likeness (QED) is 0.806. The van der Waals surface area contributed by atoms with Crippen molar-refractivity contribution in [3.63, 3.8) is 0 Å². The van der Waals surface area contributed by atoms with Gasteiger partial charge in [-0.05, 0) is 37.0 Å². The second kappa shape index (κ2) is 5.74. The van der Waals surface area contributed by atoms with E-state index in [1.807, 2.05) is 4.90 Å². The molecular weight excluding hydrogens is 298 g/mol. The van der Waals surface area contributed by atoms with Gasteiger partial charge in [0, 0.05) is 28.8 Å². The maximum Gasteiger partial charge on any atom is 0.261 e. The lowest BCUT2D eigenvalue weighted by molar-refractivity contribution is 0.0701. The van der Waals surface area contributed by atoms with Gasteiger partial charge in [0.1, 0.15) is 0 Å². The Kier molecular flexibility index (Phi) is 4.39. The van der Waals surface area contributed by atoms with Crippen LogP contribution in [0.4, 0.5) is 0 Å².